The second-order valence-corrected chi connectivity index (χ2v) is 7.13. The number of piperidine rings is 1. The van der Waals surface area contributed by atoms with Gasteiger partial charge in [0, 0.05) is 11.3 Å². The number of nitrogens with one attached hydrogen (secondary N) is 1. The summed E-state index contributed by atoms with van der Waals surface area (Å²) in [5.41, 5.74) is 0.671. The standard InChI is InChI=1S/C18H28N2O2S/c1-15(2)22-17-9-7-16(8-10-17)18(21)19-23-14-6-13-20-11-4-3-5-12-20/h7-10,15H,3-6,11-14H2,1-2H3,(H,19,21). The van der Waals surface area contributed by atoms with Crippen LogP contribution in [0.4, 0.5) is 0 Å². The molecule has 1 fully saturated rings. The van der Waals surface area contributed by atoms with E-state index in [1.807, 2.05) is 26.0 Å². The van der Waals surface area contributed by atoms with Gasteiger partial charge in [0.15, 0.2) is 0 Å². The highest BCUT2D eigenvalue weighted by Crippen LogP contribution is 2.14. The molecule has 0 unspecified atom stereocenters. The van der Waals surface area contributed by atoms with Crippen molar-refractivity contribution in [1.29, 1.82) is 0 Å². The molecule has 1 amide bonds. The Bertz CT molecular complexity index is 470. The fourth-order valence-corrected chi connectivity index (χ4v) is 3.30. The van der Waals surface area contributed by atoms with Crippen LogP contribution in [0, 0.1) is 0 Å². The largest absolute Gasteiger partial charge is 0.491 e. The molecular weight excluding hydrogens is 308 g/mol. The van der Waals surface area contributed by atoms with Crippen molar-refractivity contribution in [3.05, 3.63) is 29.8 Å². The third kappa shape index (κ3) is 6.83. The van der Waals surface area contributed by atoms with E-state index >= 15 is 0 Å². The van der Waals surface area contributed by atoms with Crippen molar-refractivity contribution in [3.8, 4) is 5.75 Å². The number of benzene rings is 1. The molecule has 0 atom stereocenters. The number of carbonyl (C=O) groups excluding carboxylic acids is 1. The van der Waals surface area contributed by atoms with E-state index in [4.69, 9.17) is 4.74 Å². The highest BCUT2D eigenvalue weighted by molar-refractivity contribution is 7.97. The number of nitrogens with zero attached hydrogens (tertiary/aromatic N) is 1. The maximum absolute atomic E-state index is 12.1. The Kier molecular flexibility index (Phi) is 7.76. The van der Waals surface area contributed by atoms with Gasteiger partial charge >= 0.3 is 0 Å². The van der Waals surface area contributed by atoms with Crippen molar-refractivity contribution in [2.45, 2.75) is 45.6 Å². The number of carbonyl (C=O) groups is 1. The highest BCUT2D eigenvalue weighted by Gasteiger charge is 2.10. The first-order valence-corrected chi connectivity index (χ1v) is 9.55. The van der Waals surface area contributed by atoms with Gasteiger partial charge in [-0.05, 0) is 77.0 Å². The van der Waals surface area contributed by atoms with E-state index in [2.05, 4.69) is 9.62 Å². The van der Waals surface area contributed by atoms with Gasteiger partial charge in [-0.15, -0.1) is 0 Å². The normalized spacial score (nSPS) is 15.6. The molecule has 1 N–H and O–H groups in total. The lowest BCUT2D eigenvalue weighted by Gasteiger charge is -2.26. The van der Waals surface area contributed by atoms with E-state index in [0.717, 1.165) is 24.5 Å². The summed E-state index contributed by atoms with van der Waals surface area (Å²) in [5.74, 6) is 1.71. The van der Waals surface area contributed by atoms with Gasteiger partial charge < -0.3 is 9.64 Å². The lowest BCUT2D eigenvalue weighted by atomic mass is 10.1. The number of hydrogen-bond donors (Lipinski definition) is 1. The Labute approximate surface area is 144 Å². The molecule has 1 aromatic rings. The van der Waals surface area contributed by atoms with Gasteiger partial charge in [0.25, 0.3) is 5.91 Å². The van der Waals surface area contributed by atoms with Crippen LogP contribution in [-0.2, 0) is 0 Å². The summed E-state index contributed by atoms with van der Waals surface area (Å²) < 4.78 is 8.49. The number of amides is 1. The molecule has 23 heavy (non-hydrogen) atoms. The first kappa shape index (κ1) is 18.1. The van der Waals surface area contributed by atoms with Gasteiger partial charge in [-0.3, -0.25) is 9.52 Å². The van der Waals surface area contributed by atoms with Crippen molar-refractivity contribution in [1.82, 2.24) is 9.62 Å². The Balaban J connectivity index is 1.62. The molecule has 0 spiro atoms. The lowest BCUT2D eigenvalue weighted by molar-refractivity contribution is 0.0984. The predicted octanol–water partition coefficient (Wildman–Crippen LogP) is 3.73. The molecule has 128 valence electrons. The summed E-state index contributed by atoms with van der Waals surface area (Å²) in [4.78, 5) is 14.6. The third-order valence-corrected chi connectivity index (χ3v) is 4.65. The molecule has 0 aromatic heterocycles. The smallest absolute Gasteiger partial charge is 0.261 e. The second kappa shape index (κ2) is 9.83. The molecule has 1 aromatic carbocycles. The maximum Gasteiger partial charge on any atom is 0.261 e. The average molecular weight is 337 g/mol. The van der Waals surface area contributed by atoms with E-state index in [0.29, 0.717) is 5.56 Å². The van der Waals surface area contributed by atoms with Crippen LogP contribution in [0.15, 0.2) is 24.3 Å². The third-order valence-electron chi connectivity index (χ3n) is 3.82. The first-order valence-electron chi connectivity index (χ1n) is 8.56. The monoisotopic (exact) mass is 336 g/mol. The Morgan fingerprint density at radius 1 is 1.22 bits per heavy atom. The molecule has 1 aliphatic heterocycles. The average Bonchev–Trinajstić information content (AvgIpc) is 2.55. The molecule has 1 heterocycles. The summed E-state index contributed by atoms with van der Waals surface area (Å²) in [6.07, 6.45) is 5.31. The SMILES string of the molecule is CC(C)Oc1ccc(C(=O)NSCCCN2CCCCC2)cc1. The molecule has 2 rings (SSSR count). The molecule has 0 aliphatic carbocycles. The van der Waals surface area contributed by atoms with Crippen LogP contribution in [0.5, 0.6) is 5.75 Å². The van der Waals surface area contributed by atoms with E-state index in [-0.39, 0.29) is 12.0 Å². The lowest BCUT2D eigenvalue weighted by Crippen LogP contribution is -2.31. The number of hydrogen-bond acceptors (Lipinski definition) is 4. The quantitative estimate of drug-likeness (QED) is 0.580. The summed E-state index contributed by atoms with van der Waals surface area (Å²) in [6, 6.07) is 7.30. The van der Waals surface area contributed by atoms with Crippen LogP contribution in [0.1, 0.15) is 49.9 Å². The summed E-state index contributed by atoms with van der Waals surface area (Å²) in [7, 11) is 0. The predicted molar refractivity (Wildman–Crippen MR) is 97.0 cm³/mol. The second-order valence-electron chi connectivity index (χ2n) is 6.23. The minimum Gasteiger partial charge on any atom is -0.491 e. The van der Waals surface area contributed by atoms with Crippen LogP contribution in [0.2, 0.25) is 0 Å². The summed E-state index contributed by atoms with van der Waals surface area (Å²) >= 11 is 1.50. The topological polar surface area (TPSA) is 41.6 Å². The zero-order valence-electron chi connectivity index (χ0n) is 14.2. The van der Waals surface area contributed by atoms with Crippen molar-refractivity contribution in [2.24, 2.45) is 0 Å². The number of rotatable bonds is 8. The van der Waals surface area contributed by atoms with E-state index in [1.54, 1.807) is 12.1 Å². The van der Waals surface area contributed by atoms with Gasteiger partial charge in [0.1, 0.15) is 5.75 Å². The van der Waals surface area contributed by atoms with Gasteiger partial charge in [0.05, 0.1) is 6.10 Å². The molecule has 0 radical (unpaired) electrons. The molecular formula is C18H28N2O2S. The molecule has 0 saturated carbocycles. The molecule has 1 aliphatic rings. The van der Waals surface area contributed by atoms with Crippen molar-refractivity contribution in [3.63, 3.8) is 0 Å². The Morgan fingerprint density at radius 3 is 2.57 bits per heavy atom. The van der Waals surface area contributed by atoms with Crippen LogP contribution >= 0.6 is 11.9 Å². The first-order chi connectivity index (χ1) is 11.1. The van der Waals surface area contributed by atoms with Crippen LogP contribution in [-0.4, -0.2) is 42.3 Å². The van der Waals surface area contributed by atoms with E-state index in [9.17, 15) is 4.79 Å². The minimum atomic E-state index is -0.0379. The zero-order chi connectivity index (χ0) is 16.5. The summed E-state index contributed by atoms with van der Waals surface area (Å²) in [5, 5.41) is 0. The Morgan fingerprint density at radius 2 is 1.91 bits per heavy atom. The molecule has 1 saturated heterocycles. The van der Waals surface area contributed by atoms with Gasteiger partial charge in [-0.2, -0.15) is 0 Å². The Hall–Kier alpha value is -1.20. The van der Waals surface area contributed by atoms with Crippen LogP contribution in [0.25, 0.3) is 0 Å². The van der Waals surface area contributed by atoms with Crippen molar-refractivity contribution >= 4 is 17.9 Å². The minimum absolute atomic E-state index is 0.0379. The highest BCUT2D eigenvalue weighted by atomic mass is 32.2. The fraction of sp³-hybridized carbons (Fsp3) is 0.611. The van der Waals surface area contributed by atoms with E-state index in [1.165, 1.54) is 44.3 Å². The zero-order valence-corrected chi connectivity index (χ0v) is 15.0. The summed E-state index contributed by atoms with van der Waals surface area (Å²) in [6.45, 7) is 7.59. The van der Waals surface area contributed by atoms with Crippen molar-refractivity contribution < 1.29 is 9.53 Å². The van der Waals surface area contributed by atoms with Gasteiger partial charge in [-0.25, -0.2) is 0 Å². The number of likely N-dealkylation sites (tertiary alicyclic amines) is 1. The van der Waals surface area contributed by atoms with Gasteiger partial charge in [0.2, 0.25) is 0 Å². The van der Waals surface area contributed by atoms with Crippen LogP contribution in [0.3, 0.4) is 0 Å². The van der Waals surface area contributed by atoms with Crippen LogP contribution < -0.4 is 9.46 Å². The molecule has 4 nitrogen and oxygen atoms in total. The van der Waals surface area contributed by atoms with Crippen molar-refractivity contribution in [2.75, 3.05) is 25.4 Å². The molecule has 0 bridgehead atoms. The maximum atomic E-state index is 12.1. The number of ether oxygens (including phenoxy) is 1. The van der Waals surface area contributed by atoms with Gasteiger partial charge in [-0.1, -0.05) is 18.4 Å². The molecule has 5 heteroatoms. The van der Waals surface area contributed by atoms with E-state index < -0.39 is 0 Å². The fourth-order valence-electron chi connectivity index (χ4n) is 2.68.